The molecule has 0 fully saturated rings. The van der Waals surface area contributed by atoms with Crippen LogP contribution in [0, 0.1) is 0 Å². The second kappa shape index (κ2) is 16.0. The Morgan fingerprint density at radius 2 is 1.50 bits per heavy atom. The fourth-order valence-corrected chi connectivity index (χ4v) is 0. The summed E-state index contributed by atoms with van der Waals surface area (Å²) in [7, 11) is 3.78. The van der Waals surface area contributed by atoms with Crippen LogP contribution in [0.2, 0.25) is 0 Å². The van der Waals surface area contributed by atoms with Gasteiger partial charge < -0.3 is 4.28 Å². The predicted molar refractivity (Wildman–Crippen MR) is 28.7 cm³/mol. The molecular formula is H8CaKPSi. The van der Waals surface area contributed by atoms with Crippen LogP contribution in [0.3, 0.4) is 0 Å². The third-order valence-corrected chi connectivity index (χ3v) is 0. The summed E-state index contributed by atoms with van der Waals surface area (Å²) in [6, 6.07) is 0. The second-order valence-corrected chi connectivity index (χ2v) is 0. The van der Waals surface area contributed by atoms with Crippen LogP contribution < -0.4 is 51.4 Å². The third-order valence-electron chi connectivity index (χ3n) is 0. The summed E-state index contributed by atoms with van der Waals surface area (Å²) in [5.74, 6) is 0. The Morgan fingerprint density at radius 1 is 1.50 bits per heavy atom. The molecule has 4 heavy (non-hydrogen) atoms. The van der Waals surface area contributed by atoms with Gasteiger partial charge in [-0.15, -0.1) is 0 Å². The standard InChI is InChI=1S/Ca.K.H5PSi.3H/c;;1-2;;;/h;;1H2,2H3;;;/q+2;+1;;3*-1. The van der Waals surface area contributed by atoms with Gasteiger partial charge in [0.2, 0.25) is 0 Å². The van der Waals surface area contributed by atoms with Crippen LogP contribution in [-0.2, 0) is 0 Å². The molecule has 20 valence electrons. The van der Waals surface area contributed by atoms with E-state index in [1.165, 1.54) is 9.91 Å². The molecule has 1 unspecified atom stereocenters. The summed E-state index contributed by atoms with van der Waals surface area (Å²) in [6.45, 7) is 0. The maximum atomic E-state index is 2.56. The first-order chi connectivity index (χ1) is 1.00. The van der Waals surface area contributed by atoms with E-state index in [9.17, 15) is 0 Å². The molecule has 0 saturated carbocycles. The van der Waals surface area contributed by atoms with Crippen molar-refractivity contribution in [1.29, 1.82) is 0 Å². The maximum Gasteiger partial charge on any atom is 2.00 e. The van der Waals surface area contributed by atoms with Crippen LogP contribution in [-0.4, -0.2) is 47.6 Å². The number of hydrogen-bond donors (Lipinski definition) is 0. The fourth-order valence-electron chi connectivity index (χ4n) is 0. The van der Waals surface area contributed by atoms with Crippen LogP contribution in [0.25, 0.3) is 0 Å². The third kappa shape index (κ3) is 9.11. The van der Waals surface area contributed by atoms with Crippen molar-refractivity contribution in [2.75, 3.05) is 0 Å². The number of rotatable bonds is 0. The molecule has 0 bridgehead atoms. The quantitative estimate of drug-likeness (QED) is 0.242. The van der Waals surface area contributed by atoms with Crippen LogP contribution in [0.5, 0.6) is 0 Å². The predicted octanol–water partition coefficient (Wildman–Crippen LogP) is -3.90. The van der Waals surface area contributed by atoms with E-state index in [0.29, 0.717) is 0 Å². The Balaban J connectivity index is -0.000000000500. The molecule has 1 atom stereocenters. The molecule has 0 aromatic carbocycles. The Bertz CT molecular complexity index is 14.9. The van der Waals surface area contributed by atoms with Gasteiger partial charge in [-0.05, 0) is 0 Å². The van der Waals surface area contributed by atoms with Gasteiger partial charge >= 0.3 is 89.1 Å². The van der Waals surface area contributed by atoms with E-state index in [0.717, 1.165) is 0 Å². The minimum Gasteiger partial charge on any atom is -1.00 e. The van der Waals surface area contributed by atoms with E-state index in [4.69, 9.17) is 0 Å². The summed E-state index contributed by atoms with van der Waals surface area (Å²) in [5, 5.41) is 0. The van der Waals surface area contributed by atoms with Crippen LogP contribution in [0.4, 0.5) is 0 Å². The largest absolute Gasteiger partial charge is 2.00 e. The molecule has 0 spiro atoms. The molecular weight excluding hydrogens is 138 g/mol. The zero-order chi connectivity index (χ0) is 2.00. The Kier molecular flexibility index (Phi) is 62.6. The normalized spacial score (nSPS) is 2.25. The average molecular weight is 146 g/mol. The summed E-state index contributed by atoms with van der Waals surface area (Å²) in [6.07, 6.45) is 0. The van der Waals surface area contributed by atoms with E-state index < -0.39 is 0 Å². The first kappa shape index (κ1) is 15.6. The van der Waals surface area contributed by atoms with Crippen molar-refractivity contribution in [3.8, 4) is 0 Å². The van der Waals surface area contributed by atoms with Crippen molar-refractivity contribution < 1.29 is 55.7 Å². The zero-order valence-corrected chi connectivity index (χ0v) is 11.8. The van der Waals surface area contributed by atoms with Gasteiger partial charge in [0.25, 0.3) is 0 Å². The van der Waals surface area contributed by atoms with Gasteiger partial charge in [-0.1, -0.05) is 0 Å². The Labute approximate surface area is 109 Å². The minimum atomic E-state index is 0. The van der Waals surface area contributed by atoms with Crippen molar-refractivity contribution in [3.05, 3.63) is 0 Å². The van der Waals surface area contributed by atoms with E-state index in [2.05, 4.69) is 8.79 Å². The molecule has 0 aliphatic rings. The molecule has 0 amide bonds. The fraction of sp³-hybridized carbons (Fsp3) is 0. The molecule has 0 rings (SSSR count). The van der Waals surface area contributed by atoms with Crippen molar-refractivity contribution in [2.45, 2.75) is 0 Å². The maximum absolute atomic E-state index is 2.56. The Morgan fingerprint density at radius 3 is 1.50 bits per heavy atom. The van der Waals surface area contributed by atoms with E-state index in [1.54, 1.807) is 0 Å². The second-order valence-electron chi connectivity index (χ2n) is 0. The van der Waals surface area contributed by atoms with Crippen LogP contribution in [0.15, 0.2) is 0 Å². The van der Waals surface area contributed by atoms with E-state index >= 15 is 0 Å². The molecule has 4 heteroatoms. The van der Waals surface area contributed by atoms with Crippen molar-refractivity contribution in [1.82, 2.24) is 0 Å². The molecule has 0 heterocycles. The smallest absolute Gasteiger partial charge is 1.00 e. The van der Waals surface area contributed by atoms with Gasteiger partial charge in [-0.2, -0.15) is 8.79 Å². The molecule has 0 aliphatic heterocycles. The number of hydrogen-bond acceptors (Lipinski definition) is 0. The molecule has 0 radical (unpaired) electrons. The summed E-state index contributed by atoms with van der Waals surface area (Å²) >= 11 is 0. The van der Waals surface area contributed by atoms with Gasteiger partial charge in [0.05, 0.1) is 0 Å². The minimum absolute atomic E-state index is 0. The van der Waals surface area contributed by atoms with Crippen molar-refractivity contribution in [2.24, 2.45) is 0 Å². The molecule has 0 aromatic heterocycles. The first-order valence-corrected chi connectivity index (χ1v) is 5.20. The first-order valence-electron chi connectivity index (χ1n) is 0.577. The molecule has 0 aromatic rings. The van der Waals surface area contributed by atoms with Crippen LogP contribution in [0.1, 0.15) is 4.28 Å². The summed E-state index contributed by atoms with van der Waals surface area (Å²) in [4.78, 5) is 0. The molecule has 0 nitrogen and oxygen atoms in total. The van der Waals surface area contributed by atoms with Gasteiger partial charge in [0, 0.05) is 9.91 Å². The van der Waals surface area contributed by atoms with Crippen molar-refractivity contribution in [3.63, 3.8) is 0 Å². The molecule has 0 aliphatic carbocycles. The average Bonchev–Trinajstić information content (AvgIpc) is 1.00. The van der Waals surface area contributed by atoms with E-state index in [-0.39, 0.29) is 93.4 Å². The molecule has 0 saturated heterocycles. The zero-order valence-electron chi connectivity index (χ0n) is 6.28. The SMILES string of the molecule is [Ca+2].[H-].[H-].[H-].[K+].[SiH3]P. The van der Waals surface area contributed by atoms with Crippen LogP contribution >= 0.6 is 8.79 Å². The summed E-state index contributed by atoms with van der Waals surface area (Å²) in [5.41, 5.74) is 0. The van der Waals surface area contributed by atoms with Crippen molar-refractivity contribution >= 4 is 56.4 Å². The van der Waals surface area contributed by atoms with Gasteiger partial charge in [-0.25, -0.2) is 0 Å². The molecule has 0 N–H and O–H groups in total. The topological polar surface area (TPSA) is 0 Å². The van der Waals surface area contributed by atoms with E-state index in [1.807, 2.05) is 0 Å². The Hall–Kier alpha value is 3.54. The van der Waals surface area contributed by atoms with Gasteiger partial charge in [0.15, 0.2) is 0 Å². The van der Waals surface area contributed by atoms with Gasteiger partial charge in [0.1, 0.15) is 0 Å². The monoisotopic (exact) mass is 146 g/mol. The van der Waals surface area contributed by atoms with Gasteiger partial charge in [-0.3, -0.25) is 0 Å². The summed E-state index contributed by atoms with van der Waals surface area (Å²) < 4.78 is 0.